The number of rotatable bonds is 10. The molecule has 0 aliphatic rings. The van der Waals surface area contributed by atoms with E-state index in [9.17, 15) is 0 Å². The van der Waals surface area contributed by atoms with Crippen LogP contribution < -0.4 is 5.73 Å². The van der Waals surface area contributed by atoms with Gasteiger partial charge in [0.1, 0.15) is 6.61 Å². The molecule has 0 saturated carbocycles. The van der Waals surface area contributed by atoms with E-state index in [1.54, 1.807) is 13.2 Å². The van der Waals surface area contributed by atoms with E-state index in [0.717, 1.165) is 12.1 Å². The molecule has 1 aromatic rings. The lowest BCUT2D eigenvalue weighted by Gasteiger charge is -2.03. The van der Waals surface area contributed by atoms with Gasteiger partial charge in [0, 0.05) is 32.9 Å². The van der Waals surface area contributed by atoms with E-state index in [-0.39, 0.29) is 0 Å². The Hall–Kier alpha value is -0.950. The minimum Gasteiger partial charge on any atom is -0.382 e. The van der Waals surface area contributed by atoms with Crippen LogP contribution in [-0.2, 0) is 27.4 Å². The van der Waals surface area contributed by atoms with E-state index in [1.807, 2.05) is 0 Å². The second-order valence-corrected chi connectivity index (χ2v) is 3.50. The van der Waals surface area contributed by atoms with E-state index in [1.165, 1.54) is 0 Å². The summed E-state index contributed by atoms with van der Waals surface area (Å²) in [4.78, 5) is 0. The molecule has 0 radical (unpaired) electrons. The minimum atomic E-state index is 0.386. The highest BCUT2D eigenvalue weighted by atomic mass is 16.5. The zero-order valence-corrected chi connectivity index (χ0v) is 10.2. The first kappa shape index (κ1) is 14.1. The van der Waals surface area contributed by atoms with Gasteiger partial charge in [0.05, 0.1) is 18.9 Å². The van der Waals surface area contributed by atoms with Crippen LogP contribution in [0.3, 0.4) is 0 Å². The van der Waals surface area contributed by atoms with E-state index >= 15 is 0 Å². The highest BCUT2D eigenvalue weighted by Gasteiger charge is 2.02. The molecule has 0 aromatic carbocycles. The molecule has 0 unspecified atom stereocenters. The van der Waals surface area contributed by atoms with Gasteiger partial charge < -0.3 is 24.5 Å². The SMILES string of the molecule is COCCOCCCOCc1cc(CN)no1. The first-order valence-electron chi connectivity index (χ1n) is 5.65. The Morgan fingerprint density at radius 1 is 1.24 bits per heavy atom. The van der Waals surface area contributed by atoms with Gasteiger partial charge in [-0.3, -0.25) is 0 Å². The van der Waals surface area contributed by atoms with Crippen LogP contribution in [0.25, 0.3) is 0 Å². The van der Waals surface area contributed by atoms with Crippen molar-refractivity contribution in [2.45, 2.75) is 19.6 Å². The van der Waals surface area contributed by atoms with Gasteiger partial charge in [-0.15, -0.1) is 0 Å². The number of ether oxygens (including phenoxy) is 3. The standard InChI is InChI=1S/C11H20N2O4/c1-14-5-6-15-3-2-4-16-9-11-7-10(8-12)13-17-11/h7H,2-6,8-9,12H2,1H3. The van der Waals surface area contributed by atoms with Crippen molar-refractivity contribution in [3.05, 3.63) is 17.5 Å². The smallest absolute Gasteiger partial charge is 0.162 e. The number of methoxy groups -OCH3 is 1. The Labute approximate surface area is 101 Å². The van der Waals surface area contributed by atoms with Crippen molar-refractivity contribution in [1.82, 2.24) is 5.16 Å². The van der Waals surface area contributed by atoms with Crippen LogP contribution in [0, 0.1) is 0 Å². The minimum absolute atomic E-state index is 0.386. The largest absolute Gasteiger partial charge is 0.382 e. The molecule has 0 amide bonds. The lowest BCUT2D eigenvalue weighted by Crippen LogP contribution is -2.05. The summed E-state index contributed by atoms with van der Waals surface area (Å²) in [6, 6.07) is 1.80. The molecule has 6 heteroatoms. The summed E-state index contributed by atoms with van der Waals surface area (Å²) in [5.41, 5.74) is 6.15. The van der Waals surface area contributed by atoms with E-state index in [0.29, 0.717) is 45.3 Å². The molecule has 2 N–H and O–H groups in total. The molecule has 1 rings (SSSR count). The van der Waals surface area contributed by atoms with Gasteiger partial charge >= 0.3 is 0 Å². The average Bonchev–Trinajstić information content (AvgIpc) is 2.80. The quantitative estimate of drug-likeness (QED) is 0.610. The topological polar surface area (TPSA) is 79.7 Å². The summed E-state index contributed by atoms with van der Waals surface area (Å²) in [5, 5.41) is 3.76. The average molecular weight is 244 g/mol. The normalized spacial score (nSPS) is 10.9. The van der Waals surface area contributed by atoms with Crippen molar-refractivity contribution < 1.29 is 18.7 Å². The van der Waals surface area contributed by atoms with Crippen LogP contribution in [0.1, 0.15) is 17.9 Å². The summed E-state index contributed by atoms with van der Waals surface area (Å²) >= 11 is 0. The summed E-state index contributed by atoms with van der Waals surface area (Å²) in [7, 11) is 1.65. The van der Waals surface area contributed by atoms with Crippen molar-refractivity contribution >= 4 is 0 Å². The predicted molar refractivity (Wildman–Crippen MR) is 61.4 cm³/mol. The lowest BCUT2D eigenvalue weighted by molar-refractivity contribution is 0.0443. The molecule has 0 bridgehead atoms. The van der Waals surface area contributed by atoms with Crippen molar-refractivity contribution in [3.63, 3.8) is 0 Å². The molecular weight excluding hydrogens is 224 g/mol. The maximum atomic E-state index is 5.41. The summed E-state index contributed by atoms with van der Waals surface area (Å²) < 4.78 is 20.6. The number of hydrogen-bond acceptors (Lipinski definition) is 6. The van der Waals surface area contributed by atoms with Crippen molar-refractivity contribution in [2.75, 3.05) is 33.5 Å². The van der Waals surface area contributed by atoms with Gasteiger partial charge in [-0.1, -0.05) is 5.16 Å². The van der Waals surface area contributed by atoms with Gasteiger partial charge in [-0.25, -0.2) is 0 Å². The molecule has 0 fully saturated rings. The van der Waals surface area contributed by atoms with Crippen LogP contribution in [0.2, 0.25) is 0 Å². The van der Waals surface area contributed by atoms with Crippen molar-refractivity contribution in [1.29, 1.82) is 0 Å². The Morgan fingerprint density at radius 3 is 2.76 bits per heavy atom. The number of hydrogen-bond donors (Lipinski definition) is 1. The number of aromatic nitrogens is 1. The zero-order valence-electron chi connectivity index (χ0n) is 10.2. The first-order valence-corrected chi connectivity index (χ1v) is 5.65. The van der Waals surface area contributed by atoms with Gasteiger partial charge in [-0.2, -0.15) is 0 Å². The number of nitrogens with two attached hydrogens (primary N) is 1. The molecule has 6 nitrogen and oxygen atoms in total. The highest BCUT2D eigenvalue weighted by molar-refractivity contribution is 5.03. The Balaban J connectivity index is 1.93. The van der Waals surface area contributed by atoms with Crippen molar-refractivity contribution in [3.8, 4) is 0 Å². The zero-order chi connectivity index (χ0) is 12.3. The maximum absolute atomic E-state index is 5.41. The molecule has 17 heavy (non-hydrogen) atoms. The number of nitrogens with zero attached hydrogens (tertiary/aromatic N) is 1. The third kappa shape index (κ3) is 6.38. The predicted octanol–water partition coefficient (Wildman–Crippen LogP) is 0.703. The van der Waals surface area contributed by atoms with Crippen LogP contribution in [-0.4, -0.2) is 38.7 Å². The molecule has 0 spiro atoms. The Kier molecular flexibility index (Phi) is 7.57. The Morgan fingerprint density at radius 2 is 2.06 bits per heavy atom. The maximum Gasteiger partial charge on any atom is 0.162 e. The molecule has 0 atom stereocenters. The van der Waals surface area contributed by atoms with Crippen molar-refractivity contribution in [2.24, 2.45) is 5.73 Å². The fourth-order valence-corrected chi connectivity index (χ4v) is 1.20. The fraction of sp³-hybridized carbons (Fsp3) is 0.727. The highest BCUT2D eigenvalue weighted by Crippen LogP contribution is 2.04. The molecule has 0 aliphatic heterocycles. The van der Waals surface area contributed by atoms with E-state index in [2.05, 4.69) is 5.16 Å². The summed E-state index contributed by atoms with van der Waals surface area (Å²) in [6.45, 7) is 3.36. The van der Waals surface area contributed by atoms with E-state index < -0.39 is 0 Å². The van der Waals surface area contributed by atoms with Gasteiger partial charge in [0.25, 0.3) is 0 Å². The van der Waals surface area contributed by atoms with Crippen LogP contribution >= 0.6 is 0 Å². The van der Waals surface area contributed by atoms with Crippen LogP contribution in [0.5, 0.6) is 0 Å². The van der Waals surface area contributed by atoms with Gasteiger partial charge in [0.2, 0.25) is 0 Å². The van der Waals surface area contributed by atoms with Gasteiger partial charge in [0.15, 0.2) is 5.76 Å². The molecular formula is C11H20N2O4. The second-order valence-electron chi connectivity index (χ2n) is 3.50. The monoisotopic (exact) mass is 244 g/mol. The summed E-state index contributed by atoms with van der Waals surface area (Å²) in [5.74, 6) is 0.700. The third-order valence-electron chi connectivity index (χ3n) is 2.07. The molecule has 1 heterocycles. The molecule has 0 aliphatic carbocycles. The lowest BCUT2D eigenvalue weighted by atomic mass is 10.4. The summed E-state index contributed by atoms with van der Waals surface area (Å²) in [6.07, 6.45) is 0.849. The second kappa shape index (κ2) is 9.12. The van der Waals surface area contributed by atoms with Crippen LogP contribution in [0.4, 0.5) is 0 Å². The molecule has 98 valence electrons. The molecule has 0 saturated heterocycles. The van der Waals surface area contributed by atoms with E-state index in [4.69, 9.17) is 24.5 Å². The molecule has 1 aromatic heterocycles. The van der Waals surface area contributed by atoms with Crippen LogP contribution in [0.15, 0.2) is 10.6 Å². The van der Waals surface area contributed by atoms with Gasteiger partial charge in [-0.05, 0) is 6.42 Å². The fourth-order valence-electron chi connectivity index (χ4n) is 1.20. The third-order valence-corrected chi connectivity index (χ3v) is 2.07. The first-order chi connectivity index (χ1) is 8.36. The Bertz CT molecular complexity index is 291.